The Morgan fingerprint density at radius 1 is 1.00 bits per heavy atom. The first-order valence-corrected chi connectivity index (χ1v) is 10.4. The highest BCUT2D eigenvalue weighted by atomic mass is 16.3. The second-order valence-corrected chi connectivity index (χ2v) is 8.21. The van der Waals surface area contributed by atoms with Crippen LogP contribution in [0.4, 0.5) is 0 Å². The van der Waals surface area contributed by atoms with Crippen molar-refractivity contribution in [2.24, 2.45) is 0 Å². The molecule has 4 rings (SSSR count). The average molecular weight is 376 g/mol. The standard InChI is InChI=1S/C25H30N2O/c1-20-8-5-6-11-22(20)17-26-15-7-12-24(26)18-27(23-13-14-23)19-25(28)16-21-9-3-2-4-10-21/h2-12,15,23,25,28H,13-14,16-19H2,1H3/p+1/t25-/m1/s1. The highest BCUT2D eigenvalue weighted by Crippen LogP contribution is 2.17. The Morgan fingerprint density at radius 3 is 2.50 bits per heavy atom. The molecule has 0 amide bonds. The number of aryl methyl sites for hydroxylation is 1. The van der Waals surface area contributed by atoms with Crippen LogP contribution >= 0.6 is 0 Å². The molecule has 0 bridgehead atoms. The van der Waals surface area contributed by atoms with Crippen LogP contribution < -0.4 is 4.90 Å². The van der Waals surface area contributed by atoms with Gasteiger partial charge in [0, 0.05) is 32.0 Å². The summed E-state index contributed by atoms with van der Waals surface area (Å²) in [4.78, 5) is 1.52. The first kappa shape index (κ1) is 19.0. The van der Waals surface area contributed by atoms with Gasteiger partial charge in [0.25, 0.3) is 0 Å². The summed E-state index contributed by atoms with van der Waals surface area (Å²) in [5.74, 6) is 0. The van der Waals surface area contributed by atoms with Gasteiger partial charge in [0.05, 0.1) is 11.7 Å². The van der Waals surface area contributed by atoms with Gasteiger partial charge >= 0.3 is 0 Å². The zero-order valence-corrected chi connectivity index (χ0v) is 16.7. The lowest BCUT2D eigenvalue weighted by atomic mass is 10.1. The SMILES string of the molecule is Cc1ccccc1Cn1cccc1C[NH+](C[C@H](O)Cc1ccccc1)C1CC1. The Kier molecular flexibility index (Phi) is 5.94. The highest BCUT2D eigenvalue weighted by molar-refractivity contribution is 5.26. The first-order chi connectivity index (χ1) is 13.7. The molecule has 3 nitrogen and oxygen atoms in total. The summed E-state index contributed by atoms with van der Waals surface area (Å²) < 4.78 is 2.37. The zero-order chi connectivity index (χ0) is 19.3. The summed E-state index contributed by atoms with van der Waals surface area (Å²) in [6.45, 7) is 4.89. The fourth-order valence-electron chi connectivity index (χ4n) is 4.10. The van der Waals surface area contributed by atoms with Crippen molar-refractivity contribution in [1.29, 1.82) is 0 Å². The molecule has 3 aromatic rings. The molecule has 28 heavy (non-hydrogen) atoms. The number of aliphatic hydroxyl groups excluding tert-OH is 1. The van der Waals surface area contributed by atoms with E-state index < -0.39 is 0 Å². The number of rotatable bonds is 9. The minimum absolute atomic E-state index is 0.294. The minimum atomic E-state index is -0.294. The van der Waals surface area contributed by atoms with E-state index in [4.69, 9.17) is 0 Å². The van der Waals surface area contributed by atoms with E-state index in [2.05, 4.69) is 66.2 Å². The Hall–Kier alpha value is -2.36. The van der Waals surface area contributed by atoms with Crippen LogP contribution in [0.15, 0.2) is 72.9 Å². The maximum Gasteiger partial charge on any atom is 0.118 e. The van der Waals surface area contributed by atoms with Crippen LogP contribution in [0.25, 0.3) is 0 Å². The molecule has 146 valence electrons. The van der Waals surface area contributed by atoms with Crippen LogP contribution in [-0.2, 0) is 19.5 Å². The van der Waals surface area contributed by atoms with Crippen molar-refractivity contribution >= 4 is 0 Å². The van der Waals surface area contributed by atoms with E-state index in [9.17, 15) is 5.11 Å². The van der Waals surface area contributed by atoms with E-state index in [0.717, 1.165) is 26.1 Å². The summed E-state index contributed by atoms with van der Waals surface area (Å²) in [5, 5.41) is 10.7. The fourth-order valence-corrected chi connectivity index (χ4v) is 4.10. The Labute approximate surface area is 168 Å². The van der Waals surface area contributed by atoms with Gasteiger partial charge in [-0.1, -0.05) is 54.6 Å². The number of nitrogens with zero attached hydrogens (tertiary/aromatic N) is 1. The van der Waals surface area contributed by atoms with Crippen molar-refractivity contribution in [2.75, 3.05) is 6.54 Å². The maximum absolute atomic E-state index is 10.7. The summed E-state index contributed by atoms with van der Waals surface area (Å²) in [6.07, 6.45) is 5.20. The maximum atomic E-state index is 10.7. The third-order valence-electron chi connectivity index (χ3n) is 5.90. The molecule has 1 saturated carbocycles. The predicted molar refractivity (Wildman–Crippen MR) is 113 cm³/mol. The molecule has 1 aliphatic carbocycles. The smallest absolute Gasteiger partial charge is 0.118 e. The number of hydrogen-bond donors (Lipinski definition) is 2. The number of aromatic nitrogens is 1. The van der Waals surface area contributed by atoms with Crippen molar-refractivity contribution in [1.82, 2.24) is 4.57 Å². The number of benzene rings is 2. The van der Waals surface area contributed by atoms with Gasteiger partial charge in [-0.05, 0) is 35.7 Å². The molecule has 1 aromatic heterocycles. The zero-order valence-electron chi connectivity index (χ0n) is 16.7. The van der Waals surface area contributed by atoms with E-state index >= 15 is 0 Å². The van der Waals surface area contributed by atoms with Gasteiger partial charge in [0.2, 0.25) is 0 Å². The molecule has 0 radical (unpaired) electrons. The quantitative estimate of drug-likeness (QED) is 0.592. The molecule has 2 N–H and O–H groups in total. The molecule has 2 aromatic carbocycles. The third kappa shape index (κ3) is 4.92. The summed E-state index contributed by atoms with van der Waals surface area (Å²) in [6, 6.07) is 24.0. The molecular formula is C25H31N2O+. The molecular weight excluding hydrogens is 344 g/mol. The highest BCUT2D eigenvalue weighted by Gasteiger charge is 2.35. The third-order valence-corrected chi connectivity index (χ3v) is 5.90. The largest absolute Gasteiger partial charge is 0.387 e. The topological polar surface area (TPSA) is 29.6 Å². The van der Waals surface area contributed by atoms with Gasteiger partial charge in [-0.3, -0.25) is 0 Å². The van der Waals surface area contributed by atoms with Gasteiger partial charge in [0.15, 0.2) is 0 Å². The summed E-state index contributed by atoms with van der Waals surface area (Å²) >= 11 is 0. The van der Waals surface area contributed by atoms with Crippen LogP contribution in [0.1, 0.15) is 35.2 Å². The lowest BCUT2D eigenvalue weighted by Gasteiger charge is -2.23. The number of aliphatic hydroxyl groups is 1. The van der Waals surface area contributed by atoms with E-state index in [1.165, 1.54) is 40.1 Å². The van der Waals surface area contributed by atoms with Gasteiger partial charge in [0.1, 0.15) is 19.2 Å². The minimum Gasteiger partial charge on any atom is -0.387 e. The molecule has 0 aliphatic heterocycles. The van der Waals surface area contributed by atoms with Crippen molar-refractivity contribution in [3.63, 3.8) is 0 Å². The van der Waals surface area contributed by atoms with Crippen LogP contribution in [-0.4, -0.2) is 28.4 Å². The molecule has 1 heterocycles. The van der Waals surface area contributed by atoms with Gasteiger partial charge < -0.3 is 14.6 Å². The molecule has 0 spiro atoms. The molecule has 3 heteroatoms. The summed E-state index contributed by atoms with van der Waals surface area (Å²) in [5.41, 5.74) is 5.29. The number of hydrogen-bond acceptors (Lipinski definition) is 1. The molecule has 0 saturated heterocycles. The Bertz CT molecular complexity index is 882. The van der Waals surface area contributed by atoms with Crippen LogP contribution in [0, 0.1) is 6.92 Å². The van der Waals surface area contributed by atoms with Gasteiger partial charge in [-0.25, -0.2) is 0 Å². The van der Waals surface area contributed by atoms with Crippen LogP contribution in [0.3, 0.4) is 0 Å². The van der Waals surface area contributed by atoms with Crippen LogP contribution in [0.2, 0.25) is 0 Å². The second kappa shape index (κ2) is 8.76. The summed E-state index contributed by atoms with van der Waals surface area (Å²) in [7, 11) is 0. The van der Waals surface area contributed by atoms with Gasteiger partial charge in [-0.2, -0.15) is 0 Å². The van der Waals surface area contributed by atoms with Gasteiger partial charge in [-0.15, -0.1) is 0 Å². The van der Waals surface area contributed by atoms with E-state index in [1.54, 1.807) is 0 Å². The van der Waals surface area contributed by atoms with Crippen molar-refractivity contribution in [2.45, 2.75) is 51.4 Å². The number of quaternary nitrogens is 1. The molecule has 1 fully saturated rings. The molecule has 1 unspecified atom stereocenters. The monoisotopic (exact) mass is 375 g/mol. The Morgan fingerprint density at radius 2 is 1.75 bits per heavy atom. The average Bonchev–Trinajstić information content (AvgIpc) is 3.46. The van der Waals surface area contributed by atoms with Crippen molar-refractivity contribution in [3.05, 3.63) is 95.3 Å². The van der Waals surface area contributed by atoms with E-state index in [0.29, 0.717) is 6.04 Å². The lowest BCUT2D eigenvalue weighted by Crippen LogP contribution is -3.13. The predicted octanol–water partition coefficient (Wildman–Crippen LogP) is 3.00. The normalized spacial score (nSPS) is 16.1. The first-order valence-electron chi connectivity index (χ1n) is 10.4. The molecule has 1 aliphatic rings. The van der Waals surface area contributed by atoms with Crippen LogP contribution in [0.5, 0.6) is 0 Å². The van der Waals surface area contributed by atoms with E-state index in [1.807, 2.05) is 18.2 Å². The lowest BCUT2D eigenvalue weighted by molar-refractivity contribution is -0.928. The van der Waals surface area contributed by atoms with E-state index in [-0.39, 0.29) is 6.10 Å². The Balaban J connectivity index is 1.42. The molecule has 2 atom stereocenters. The van der Waals surface area contributed by atoms with Crippen molar-refractivity contribution in [3.8, 4) is 0 Å². The second-order valence-electron chi connectivity index (χ2n) is 8.21. The van der Waals surface area contributed by atoms with Crippen molar-refractivity contribution < 1.29 is 10.0 Å². The number of nitrogens with one attached hydrogen (secondary N) is 1. The fraction of sp³-hybridized carbons (Fsp3) is 0.360.